The molecule has 2 saturated heterocycles. The van der Waals surface area contributed by atoms with Crippen LogP contribution in [0.3, 0.4) is 0 Å². The molecule has 1 aromatic heterocycles. The first-order valence-corrected chi connectivity index (χ1v) is 6.34. The number of aromatic nitrogens is 1. The van der Waals surface area contributed by atoms with E-state index in [-0.39, 0.29) is 11.6 Å². The maximum atomic E-state index is 13.0. The lowest BCUT2D eigenvalue weighted by Crippen LogP contribution is -2.45. The standard InChI is InChI=1S/C13H17FN2O2/c1-10-8-11(14)9-15-12(10)16-4-2-13(3-5-16)17-6-7-18-13/h8-9H,2-7H2,1H3. The second-order valence-corrected chi connectivity index (χ2v) is 4.89. The molecule has 5 heteroatoms. The van der Waals surface area contributed by atoms with Gasteiger partial charge in [-0.1, -0.05) is 0 Å². The normalized spacial score (nSPS) is 22.7. The average molecular weight is 252 g/mol. The summed E-state index contributed by atoms with van der Waals surface area (Å²) in [6.45, 7) is 4.93. The van der Waals surface area contributed by atoms with Crippen molar-refractivity contribution >= 4 is 5.82 Å². The summed E-state index contributed by atoms with van der Waals surface area (Å²) >= 11 is 0. The smallest absolute Gasteiger partial charge is 0.171 e. The van der Waals surface area contributed by atoms with Crippen molar-refractivity contribution in [3.8, 4) is 0 Å². The number of halogens is 1. The van der Waals surface area contributed by atoms with Crippen molar-refractivity contribution in [2.24, 2.45) is 0 Å². The Morgan fingerprint density at radius 1 is 1.28 bits per heavy atom. The lowest BCUT2D eigenvalue weighted by Gasteiger charge is -2.38. The van der Waals surface area contributed by atoms with Crippen molar-refractivity contribution in [3.05, 3.63) is 23.6 Å². The van der Waals surface area contributed by atoms with E-state index in [9.17, 15) is 4.39 Å². The number of hydrogen-bond acceptors (Lipinski definition) is 4. The van der Waals surface area contributed by atoms with Gasteiger partial charge in [-0.05, 0) is 18.6 Å². The van der Waals surface area contributed by atoms with E-state index in [1.165, 1.54) is 12.3 Å². The predicted octanol–water partition coefficient (Wildman–Crippen LogP) is 1.87. The lowest BCUT2D eigenvalue weighted by molar-refractivity contribution is -0.169. The van der Waals surface area contributed by atoms with Crippen LogP contribution in [-0.2, 0) is 9.47 Å². The Kier molecular flexibility index (Phi) is 2.95. The zero-order chi connectivity index (χ0) is 12.6. The van der Waals surface area contributed by atoms with Crippen LogP contribution in [0.4, 0.5) is 10.2 Å². The summed E-state index contributed by atoms with van der Waals surface area (Å²) in [5.41, 5.74) is 0.874. The zero-order valence-electron chi connectivity index (χ0n) is 10.5. The molecule has 0 atom stereocenters. The highest BCUT2D eigenvalue weighted by Crippen LogP contribution is 2.33. The van der Waals surface area contributed by atoms with Gasteiger partial charge < -0.3 is 14.4 Å². The van der Waals surface area contributed by atoms with E-state index in [1.54, 1.807) is 0 Å². The summed E-state index contributed by atoms with van der Waals surface area (Å²) in [5, 5.41) is 0. The molecule has 0 amide bonds. The van der Waals surface area contributed by atoms with E-state index >= 15 is 0 Å². The number of nitrogens with zero attached hydrogens (tertiary/aromatic N) is 2. The lowest BCUT2D eigenvalue weighted by atomic mass is 10.0. The van der Waals surface area contributed by atoms with Gasteiger partial charge in [-0.25, -0.2) is 9.37 Å². The predicted molar refractivity (Wildman–Crippen MR) is 65.0 cm³/mol. The molecule has 4 nitrogen and oxygen atoms in total. The second-order valence-electron chi connectivity index (χ2n) is 4.89. The minimum absolute atomic E-state index is 0.285. The number of hydrogen-bond donors (Lipinski definition) is 0. The van der Waals surface area contributed by atoms with Crippen LogP contribution < -0.4 is 4.90 Å². The van der Waals surface area contributed by atoms with Gasteiger partial charge in [-0.2, -0.15) is 0 Å². The summed E-state index contributed by atoms with van der Waals surface area (Å²) in [7, 11) is 0. The first-order valence-electron chi connectivity index (χ1n) is 6.34. The fourth-order valence-corrected chi connectivity index (χ4v) is 2.71. The van der Waals surface area contributed by atoms with Crippen molar-refractivity contribution < 1.29 is 13.9 Å². The van der Waals surface area contributed by atoms with E-state index in [0.717, 1.165) is 37.3 Å². The first kappa shape index (κ1) is 11.9. The largest absolute Gasteiger partial charge is 0.356 e. The summed E-state index contributed by atoms with van der Waals surface area (Å²) in [6.07, 6.45) is 2.95. The van der Waals surface area contributed by atoms with Crippen molar-refractivity contribution in [3.63, 3.8) is 0 Å². The van der Waals surface area contributed by atoms with E-state index in [4.69, 9.17) is 9.47 Å². The first-order chi connectivity index (χ1) is 8.69. The Hall–Kier alpha value is -1.20. The molecule has 0 unspecified atom stereocenters. The maximum absolute atomic E-state index is 13.0. The highest BCUT2D eigenvalue weighted by Gasteiger charge is 2.40. The molecule has 0 saturated carbocycles. The van der Waals surface area contributed by atoms with E-state index in [0.29, 0.717) is 13.2 Å². The van der Waals surface area contributed by atoms with Gasteiger partial charge in [0.2, 0.25) is 0 Å². The SMILES string of the molecule is Cc1cc(F)cnc1N1CCC2(CC1)OCCO2. The zero-order valence-corrected chi connectivity index (χ0v) is 10.5. The maximum Gasteiger partial charge on any atom is 0.171 e. The van der Waals surface area contributed by atoms with Crippen molar-refractivity contribution in [2.45, 2.75) is 25.6 Å². The summed E-state index contributed by atoms with van der Waals surface area (Å²) in [4.78, 5) is 6.36. The number of aryl methyl sites for hydroxylation is 1. The number of ether oxygens (including phenoxy) is 2. The van der Waals surface area contributed by atoms with Crippen LogP contribution in [0, 0.1) is 12.7 Å². The molecule has 1 spiro atoms. The Balaban J connectivity index is 1.72. The summed E-state index contributed by atoms with van der Waals surface area (Å²) in [6, 6.07) is 1.52. The molecule has 2 aliphatic heterocycles. The Morgan fingerprint density at radius 3 is 2.56 bits per heavy atom. The van der Waals surface area contributed by atoms with Crippen LogP contribution in [0.25, 0.3) is 0 Å². The number of pyridine rings is 1. The van der Waals surface area contributed by atoms with Crippen LogP contribution >= 0.6 is 0 Å². The summed E-state index contributed by atoms with van der Waals surface area (Å²) < 4.78 is 24.4. The fraction of sp³-hybridized carbons (Fsp3) is 0.615. The molecule has 0 radical (unpaired) electrons. The molecule has 1 aromatic rings. The van der Waals surface area contributed by atoms with Crippen molar-refractivity contribution in [1.82, 2.24) is 4.98 Å². The van der Waals surface area contributed by atoms with Gasteiger partial charge in [0.25, 0.3) is 0 Å². The quantitative estimate of drug-likeness (QED) is 0.764. The number of anilines is 1. The third kappa shape index (κ3) is 2.08. The third-order valence-electron chi connectivity index (χ3n) is 3.66. The monoisotopic (exact) mass is 252 g/mol. The van der Waals surface area contributed by atoms with E-state index in [1.807, 2.05) is 6.92 Å². The van der Waals surface area contributed by atoms with Gasteiger partial charge in [0, 0.05) is 25.9 Å². The average Bonchev–Trinajstić information content (AvgIpc) is 2.80. The molecule has 18 heavy (non-hydrogen) atoms. The number of rotatable bonds is 1. The molecule has 2 fully saturated rings. The van der Waals surface area contributed by atoms with Gasteiger partial charge in [0.05, 0.1) is 19.4 Å². The third-order valence-corrected chi connectivity index (χ3v) is 3.66. The highest BCUT2D eigenvalue weighted by molar-refractivity contribution is 5.46. The van der Waals surface area contributed by atoms with Crippen LogP contribution in [0.2, 0.25) is 0 Å². The van der Waals surface area contributed by atoms with Crippen LogP contribution in [-0.4, -0.2) is 37.1 Å². The topological polar surface area (TPSA) is 34.6 Å². The molecule has 0 N–H and O–H groups in total. The van der Waals surface area contributed by atoms with Crippen LogP contribution in [0.15, 0.2) is 12.3 Å². The Bertz CT molecular complexity index is 437. The Morgan fingerprint density at radius 2 is 1.94 bits per heavy atom. The van der Waals surface area contributed by atoms with Crippen LogP contribution in [0.5, 0.6) is 0 Å². The van der Waals surface area contributed by atoms with Gasteiger partial charge in [0.15, 0.2) is 5.79 Å². The molecule has 3 heterocycles. The molecule has 98 valence electrons. The van der Waals surface area contributed by atoms with E-state index in [2.05, 4.69) is 9.88 Å². The molecular weight excluding hydrogens is 235 g/mol. The van der Waals surface area contributed by atoms with Crippen molar-refractivity contribution in [1.29, 1.82) is 0 Å². The molecule has 0 aliphatic carbocycles. The highest BCUT2D eigenvalue weighted by atomic mass is 19.1. The van der Waals surface area contributed by atoms with Crippen molar-refractivity contribution in [2.75, 3.05) is 31.2 Å². The fourth-order valence-electron chi connectivity index (χ4n) is 2.71. The van der Waals surface area contributed by atoms with E-state index < -0.39 is 0 Å². The summed E-state index contributed by atoms with van der Waals surface area (Å²) in [5.74, 6) is 0.209. The van der Waals surface area contributed by atoms with Gasteiger partial charge in [-0.3, -0.25) is 0 Å². The van der Waals surface area contributed by atoms with Gasteiger partial charge in [0.1, 0.15) is 11.6 Å². The molecule has 3 rings (SSSR count). The van der Waals surface area contributed by atoms with Gasteiger partial charge in [-0.15, -0.1) is 0 Å². The molecule has 0 bridgehead atoms. The molecular formula is C13H17FN2O2. The molecule has 0 aromatic carbocycles. The van der Waals surface area contributed by atoms with Gasteiger partial charge >= 0.3 is 0 Å². The van der Waals surface area contributed by atoms with Crippen LogP contribution in [0.1, 0.15) is 18.4 Å². The minimum Gasteiger partial charge on any atom is -0.356 e. The molecule has 2 aliphatic rings. The Labute approximate surface area is 106 Å². The second kappa shape index (κ2) is 4.48. The number of piperidine rings is 1. The minimum atomic E-state index is -0.371.